The first-order valence-corrected chi connectivity index (χ1v) is 5.26. The smallest absolute Gasteiger partial charge is 0.356 e. The molecule has 1 aliphatic heterocycles. The molecule has 114 valence electrons. The first kappa shape index (κ1) is 15.3. The predicted octanol–water partition coefficient (Wildman–Crippen LogP) is 2.03. The fraction of sp³-hybridized carbons (Fsp3) is 0.273. The lowest BCUT2D eigenvalue weighted by molar-refractivity contribution is -0.364. The molecule has 0 bridgehead atoms. The quantitative estimate of drug-likeness (QED) is 0.637. The molecule has 10 heteroatoms. The number of amides is 1. The third-order valence-corrected chi connectivity index (χ3v) is 2.90. The minimum Gasteiger partial charge on any atom is -0.356 e. The number of hydrogen-bond acceptors (Lipinski definition) is 3. The van der Waals surface area contributed by atoms with Crippen LogP contribution < -0.4 is 4.90 Å². The van der Waals surface area contributed by atoms with E-state index < -0.39 is 45.9 Å². The van der Waals surface area contributed by atoms with Crippen molar-refractivity contribution in [3.05, 3.63) is 29.8 Å². The summed E-state index contributed by atoms with van der Waals surface area (Å²) in [5, 5.41) is 9.22. The minimum absolute atomic E-state index is 0.644. The van der Waals surface area contributed by atoms with Gasteiger partial charge in [0.15, 0.2) is 0 Å². The van der Waals surface area contributed by atoms with Crippen LogP contribution in [0.4, 0.5) is 32.0 Å². The summed E-state index contributed by atoms with van der Waals surface area (Å²) >= 11 is 0. The van der Waals surface area contributed by atoms with Gasteiger partial charge in [-0.3, -0.25) is 14.5 Å². The van der Waals surface area contributed by atoms with Crippen molar-refractivity contribution in [2.75, 3.05) is 4.90 Å². The Bertz CT molecular complexity index is 607. The molecule has 1 aromatic rings. The second-order valence-electron chi connectivity index (χ2n) is 4.15. The summed E-state index contributed by atoms with van der Waals surface area (Å²) in [4.78, 5) is 22.0. The highest BCUT2D eigenvalue weighted by atomic mass is 19.4. The van der Waals surface area contributed by atoms with E-state index in [2.05, 4.69) is 0 Å². The molecule has 0 spiro atoms. The number of anilines is 1. The number of fused-ring (bicyclic) bond motifs is 1. The maximum atomic E-state index is 12.8. The predicted molar refractivity (Wildman–Crippen MR) is 55.3 cm³/mol. The van der Waals surface area contributed by atoms with E-state index in [0.717, 1.165) is 18.2 Å². The minimum atomic E-state index is -6.25. The number of Topliss-reactive ketones (excluding diaryl/α,β-unsaturated/α-hetero) is 1. The summed E-state index contributed by atoms with van der Waals surface area (Å²) in [5.41, 5.74) is -7.08. The van der Waals surface area contributed by atoms with Crippen LogP contribution in [0.1, 0.15) is 10.4 Å². The van der Waals surface area contributed by atoms with E-state index in [1.807, 2.05) is 0 Å². The lowest BCUT2D eigenvalue weighted by Gasteiger charge is -2.38. The normalized spacial score (nSPS) is 16.4. The second kappa shape index (κ2) is 4.20. The zero-order valence-corrected chi connectivity index (χ0v) is 9.79. The molecule has 2 rings (SSSR count). The Labute approximate surface area is 112 Å². The van der Waals surface area contributed by atoms with E-state index in [4.69, 9.17) is 0 Å². The van der Waals surface area contributed by atoms with Crippen LogP contribution in [0.5, 0.6) is 0 Å². The van der Waals surface area contributed by atoms with Gasteiger partial charge in [0, 0.05) is 0 Å². The van der Waals surface area contributed by atoms with Gasteiger partial charge >= 0.3 is 24.0 Å². The van der Waals surface area contributed by atoms with Crippen molar-refractivity contribution in [2.45, 2.75) is 18.1 Å². The molecule has 0 atom stereocenters. The summed E-state index contributed by atoms with van der Waals surface area (Å²) in [7, 11) is 0. The van der Waals surface area contributed by atoms with Crippen LogP contribution in [-0.4, -0.2) is 34.9 Å². The molecule has 1 heterocycles. The van der Waals surface area contributed by atoms with Crippen molar-refractivity contribution >= 4 is 17.4 Å². The van der Waals surface area contributed by atoms with Crippen molar-refractivity contribution in [1.82, 2.24) is 0 Å². The average molecular weight is 313 g/mol. The Morgan fingerprint density at radius 3 is 1.86 bits per heavy atom. The third-order valence-electron chi connectivity index (χ3n) is 2.90. The number of carbonyl (C=O) groups is 2. The molecule has 1 aliphatic rings. The van der Waals surface area contributed by atoms with Gasteiger partial charge < -0.3 is 5.11 Å². The fourth-order valence-electron chi connectivity index (χ4n) is 1.92. The van der Waals surface area contributed by atoms with E-state index in [1.54, 1.807) is 0 Å². The van der Waals surface area contributed by atoms with Crippen LogP contribution in [-0.2, 0) is 4.79 Å². The molecule has 4 nitrogen and oxygen atoms in total. The lowest BCUT2D eigenvalue weighted by atomic mass is 10.1. The molecule has 0 unspecified atom stereocenters. The SMILES string of the molecule is O=C1C(=O)N(C(O)(C(F)(F)F)C(F)(F)F)c2ccccc21. The van der Waals surface area contributed by atoms with Crippen LogP contribution in [0.15, 0.2) is 24.3 Å². The number of halogens is 6. The first-order chi connectivity index (χ1) is 9.43. The van der Waals surface area contributed by atoms with Gasteiger partial charge in [-0.05, 0) is 12.1 Å². The number of benzene rings is 1. The number of nitrogens with zero attached hydrogens (tertiary/aromatic N) is 1. The van der Waals surface area contributed by atoms with Crippen molar-refractivity contribution < 1.29 is 41.0 Å². The van der Waals surface area contributed by atoms with E-state index >= 15 is 0 Å². The molecular formula is C11H5F6NO3. The zero-order valence-electron chi connectivity index (χ0n) is 9.79. The number of alkyl halides is 6. The van der Waals surface area contributed by atoms with E-state index in [9.17, 15) is 41.0 Å². The van der Waals surface area contributed by atoms with Crippen molar-refractivity contribution in [1.29, 1.82) is 0 Å². The van der Waals surface area contributed by atoms with Crippen molar-refractivity contribution in [2.24, 2.45) is 0 Å². The standard InChI is InChI=1S/C11H5F6NO3/c12-10(13,14)9(21,11(15,16)17)18-6-4-2-1-3-5(6)7(19)8(18)20/h1-4,21H. The maximum Gasteiger partial charge on any atom is 0.446 e. The van der Waals surface area contributed by atoms with Gasteiger partial charge in [0.05, 0.1) is 11.3 Å². The number of ketones is 1. The lowest BCUT2D eigenvalue weighted by Crippen LogP contribution is -2.69. The highest BCUT2D eigenvalue weighted by Crippen LogP contribution is 2.49. The summed E-state index contributed by atoms with van der Waals surface area (Å²) in [6, 6.07) is 3.79. The molecule has 1 aromatic carbocycles. The third kappa shape index (κ3) is 1.89. The van der Waals surface area contributed by atoms with Gasteiger partial charge in [-0.25, -0.2) is 0 Å². The monoisotopic (exact) mass is 313 g/mol. The van der Waals surface area contributed by atoms with Gasteiger partial charge in [0.25, 0.3) is 5.78 Å². The molecule has 1 amide bonds. The van der Waals surface area contributed by atoms with Gasteiger partial charge in [0.2, 0.25) is 0 Å². The maximum absolute atomic E-state index is 12.8. The number of carbonyl (C=O) groups excluding carboxylic acids is 2. The summed E-state index contributed by atoms with van der Waals surface area (Å²) in [5.74, 6) is -3.66. The Kier molecular flexibility index (Phi) is 3.06. The topological polar surface area (TPSA) is 57.6 Å². The highest BCUT2D eigenvalue weighted by Gasteiger charge is 2.76. The molecule has 21 heavy (non-hydrogen) atoms. The van der Waals surface area contributed by atoms with E-state index in [-0.39, 0.29) is 0 Å². The van der Waals surface area contributed by atoms with Crippen LogP contribution in [0, 0.1) is 0 Å². The highest BCUT2D eigenvalue weighted by molar-refractivity contribution is 6.52. The van der Waals surface area contributed by atoms with Gasteiger partial charge in [-0.1, -0.05) is 12.1 Å². The van der Waals surface area contributed by atoms with E-state index in [0.29, 0.717) is 6.07 Å². The van der Waals surface area contributed by atoms with Gasteiger partial charge in [-0.15, -0.1) is 0 Å². The molecule has 0 saturated carbocycles. The Hall–Kier alpha value is -2.10. The van der Waals surface area contributed by atoms with Crippen molar-refractivity contribution in [3.63, 3.8) is 0 Å². The van der Waals surface area contributed by atoms with Gasteiger partial charge in [0.1, 0.15) is 0 Å². The largest absolute Gasteiger partial charge is 0.446 e. The second-order valence-corrected chi connectivity index (χ2v) is 4.15. The Balaban J connectivity index is 2.74. The molecule has 0 aliphatic carbocycles. The average Bonchev–Trinajstić information content (AvgIpc) is 2.59. The van der Waals surface area contributed by atoms with Crippen LogP contribution >= 0.6 is 0 Å². The number of rotatable bonds is 1. The zero-order chi connectivity index (χ0) is 16.2. The number of hydrogen-bond donors (Lipinski definition) is 1. The Morgan fingerprint density at radius 1 is 0.905 bits per heavy atom. The molecule has 0 aromatic heterocycles. The molecule has 0 saturated heterocycles. The summed E-state index contributed by atoms with van der Waals surface area (Å²) in [6.07, 6.45) is -12.5. The summed E-state index contributed by atoms with van der Waals surface area (Å²) < 4.78 is 76.6. The summed E-state index contributed by atoms with van der Waals surface area (Å²) in [6.45, 7) is 0. The number of aliphatic hydroxyl groups is 1. The molecule has 1 N–H and O–H groups in total. The molecule has 0 radical (unpaired) electrons. The van der Waals surface area contributed by atoms with Gasteiger partial charge in [-0.2, -0.15) is 26.3 Å². The van der Waals surface area contributed by atoms with Crippen molar-refractivity contribution in [3.8, 4) is 0 Å². The van der Waals surface area contributed by atoms with Crippen LogP contribution in [0.25, 0.3) is 0 Å². The van der Waals surface area contributed by atoms with Crippen LogP contribution in [0.3, 0.4) is 0 Å². The van der Waals surface area contributed by atoms with E-state index in [1.165, 1.54) is 0 Å². The Morgan fingerprint density at radius 2 is 1.38 bits per heavy atom. The molecular weight excluding hydrogens is 308 g/mol. The molecule has 0 fully saturated rings. The fourth-order valence-corrected chi connectivity index (χ4v) is 1.92. The first-order valence-electron chi connectivity index (χ1n) is 5.26. The van der Waals surface area contributed by atoms with Crippen LogP contribution in [0.2, 0.25) is 0 Å². The number of para-hydroxylation sites is 1.